The van der Waals surface area contributed by atoms with Crippen LogP contribution in [0.15, 0.2) is 30.6 Å². The molecule has 0 aliphatic carbocycles. The largest absolute Gasteiger partial charge is 0.487 e. The lowest BCUT2D eigenvalue weighted by molar-refractivity contribution is -0.0654. The number of rotatable bonds is 5. The summed E-state index contributed by atoms with van der Waals surface area (Å²) in [5, 5.41) is 15.9. The van der Waals surface area contributed by atoms with Gasteiger partial charge in [-0.05, 0) is 25.0 Å². The number of amides is 1. The molecule has 35 heavy (non-hydrogen) atoms. The van der Waals surface area contributed by atoms with Crippen LogP contribution < -0.4 is 4.74 Å². The van der Waals surface area contributed by atoms with Crippen LogP contribution in [-0.4, -0.2) is 72.9 Å². The van der Waals surface area contributed by atoms with Gasteiger partial charge in [0.25, 0.3) is 5.91 Å². The number of hydrogen-bond donors (Lipinski definition) is 1. The van der Waals surface area contributed by atoms with Crippen molar-refractivity contribution in [3.8, 4) is 5.75 Å². The molecule has 0 spiro atoms. The number of carbonyl (C=O) groups excluding carboxylic acids is 1. The van der Waals surface area contributed by atoms with E-state index in [1.807, 2.05) is 4.90 Å². The van der Waals surface area contributed by atoms with Crippen LogP contribution in [-0.2, 0) is 13.1 Å². The maximum atomic E-state index is 14.2. The van der Waals surface area contributed by atoms with Crippen LogP contribution in [0.3, 0.4) is 0 Å². The molecule has 2 fully saturated rings. The first-order valence-corrected chi connectivity index (χ1v) is 12.1. The van der Waals surface area contributed by atoms with E-state index >= 15 is 0 Å². The second kappa shape index (κ2) is 8.69. The van der Waals surface area contributed by atoms with E-state index in [0.717, 1.165) is 24.1 Å². The van der Waals surface area contributed by atoms with Gasteiger partial charge in [-0.3, -0.25) is 9.69 Å². The molecule has 11 heteroatoms. The van der Waals surface area contributed by atoms with Gasteiger partial charge in [-0.2, -0.15) is 5.10 Å². The van der Waals surface area contributed by atoms with E-state index in [-0.39, 0.29) is 42.4 Å². The van der Waals surface area contributed by atoms with Gasteiger partial charge < -0.3 is 14.7 Å². The van der Waals surface area contributed by atoms with Crippen molar-refractivity contribution in [1.29, 1.82) is 0 Å². The quantitative estimate of drug-likeness (QED) is 0.576. The van der Waals surface area contributed by atoms with Gasteiger partial charge in [0.2, 0.25) is 0 Å². The fourth-order valence-electron chi connectivity index (χ4n) is 5.77. The highest BCUT2D eigenvalue weighted by Gasteiger charge is 2.47. The Labute approximate surface area is 205 Å². The van der Waals surface area contributed by atoms with E-state index < -0.39 is 24.7 Å². The van der Waals surface area contributed by atoms with Crippen molar-refractivity contribution in [3.63, 3.8) is 0 Å². The van der Waals surface area contributed by atoms with Gasteiger partial charge >= 0.3 is 0 Å². The Morgan fingerprint density at radius 3 is 2.97 bits per heavy atom. The number of alkyl halides is 1. The van der Waals surface area contributed by atoms with Crippen LogP contribution in [0.4, 0.5) is 8.78 Å². The average molecular weight is 504 g/mol. The van der Waals surface area contributed by atoms with Crippen molar-refractivity contribution in [2.24, 2.45) is 0 Å². The van der Waals surface area contributed by atoms with E-state index in [4.69, 9.17) is 16.3 Å². The van der Waals surface area contributed by atoms with Gasteiger partial charge in [0.1, 0.15) is 30.4 Å². The highest BCUT2D eigenvalue weighted by molar-refractivity contribution is 6.30. The Kier molecular flexibility index (Phi) is 5.62. The highest BCUT2D eigenvalue weighted by Crippen LogP contribution is 2.38. The van der Waals surface area contributed by atoms with E-state index in [9.17, 15) is 18.7 Å². The molecule has 1 N–H and O–H groups in total. The lowest BCUT2D eigenvalue weighted by atomic mass is 9.96. The first-order chi connectivity index (χ1) is 16.9. The molecule has 8 nitrogen and oxygen atoms in total. The Bertz CT molecular complexity index is 1300. The molecule has 2 aromatic heterocycles. The molecule has 1 unspecified atom stereocenters. The lowest BCUT2D eigenvalue weighted by Gasteiger charge is -2.42. The third-order valence-electron chi connectivity index (χ3n) is 7.36. The molecule has 0 radical (unpaired) electrons. The van der Waals surface area contributed by atoms with Crippen LogP contribution >= 0.6 is 11.6 Å². The molecule has 184 valence electrons. The molecular weight excluding hydrogens is 480 g/mol. The van der Waals surface area contributed by atoms with Crippen molar-refractivity contribution in [2.45, 2.75) is 56.6 Å². The Morgan fingerprint density at radius 1 is 1.29 bits per heavy atom. The zero-order valence-electron chi connectivity index (χ0n) is 18.8. The van der Waals surface area contributed by atoms with Gasteiger partial charge in [0.15, 0.2) is 5.65 Å². The van der Waals surface area contributed by atoms with Gasteiger partial charge in [-0.1, -0.05) is 11.6 Å². The van der Waals surface area contributed by atoms with Crippen molar-refractivity contribution >= 4 is 23.2 Å². The maximum Gasteiger partial charge on any atom is 0.258 e. The second-order valence-corrected chi connectivity index (χ2v) is 9.81. The number of aromatic nitrogens is 3. The maximum absolute atomic E-state index is 14.2. The molecule has 3 aliphatic heterocycles. The van der Waals surface area contributed by atoms with Crippen LogP contribution in [0.5, 0.6) is 5.75 Å². The molecule has 2 saturated heterocycles. The molecule has 5 heterocycles. The summed E-state index contributed by atoms with van der Waals surface area (Å²) in [6.45, 7) is 0.389. The number of aliphatic hydroxyl groups excluding tert-OH is 1. The predicted octanol–water partition coefficient (Wildman–Crippen LogP) is 2.99. The molecule has 1 aromatic carbocycles. The molecule has 2 bridgehead atoms. The molecule has 3 aliphatic rings. The number of ether oxygens (including phenoxy) is 1. The summed E-state index contributed by atoms with van der Waals surface area (Å²) in [4.78, 5) is 21.4. The number of fused-ring (bicyclic) bond motifs is 5. The first kappa shape index (κ1) is 22.6. The number of piperidine rings is 1. The van der Waals surface area contributed by atoms with Crippen molar-refractivity contribution in [2.75, 3.05) is 13.2 Å². The smallest absolute Gasteiger partial charge is 0.258 e. The zero-order valence-corrected chi connectivity index (χ0v) is 19.5. The number of carbonyl (C=O) groups is 1. The van der Waals surface area contributed by atoms with Crippen molar-refractivity contribution < 1.29 is 23.4 Å². The zero-order chi connectivity index (χ0) is 24.3. The molecule has 3 aromatic rings. The summed E-state index contributed by atoms with van der Waals surface area (Å²) in [5.41, 5.74) is 2.42. The molecular formula is C24H24ClF2N5O3. The number of halogens is 3. The fourth-order valence-corrected chi connectivity index (χ4v) is 5.92. The van der Waals surface area contributed by atoms with Crippen LogP contribution in [0.25, 0.3) is 5.65 Å². The Morgan fingerprint density at radius 2 is 2.14 bits per heavy atom. The fraction of sp³-hybridized carbons (Fsp3) is 0.458. The minimum atomic E-state index is -0.853. The molecule has 6 rings (SSSR count). The summed E-state index contributed by atoms with van der Waals surface area (Å²) in [6.07, 6.45) is 3.84. The van der Waals surface area contributed by atoms with Gasteiger partial charge in [-0.15, -0.1) is 0 Å². The monoisotopic (exact) mass is 503 g/mol. The summed E-state index contributed by atoms with van der Waals surface area (Å²) in [5.74, 6) is -0.758. The predicted molar refractivity (Wildman–Crippen MR) is 123 cm³/mol. The summed E-state index contributed by atoms with van der Waals surface area (Å²) >= 11 is 6.00. The SMILES string of the molecule is O=C(c1ccc(F)cc1O[C@@H]1C[C@@H]2CC[C@@H](C1O)N2CCF)N1Cc2nn3cc(Cl)cnc3c2C1. The van der Waals surface area contributed by atoms with Crippen molar-refractivity contribution in [3.05, 3.63) is 58.3 Å². The van der Waals surface area contributed by atoms with Crippen molar-refractivity contribution in [1.82, 2.24) is 24.4 Å². The van der Waals surface area contributed by atoms with Crippen LogP contribution in [0, 0.1) is 5.82 Å². The van der Waals surface area contributed by atoms with E-state index in [1.165, 1.54) is 24.4 Å². The van der Waals surface area contributed by atoms with Gasteiger partial charge in [0, 0.05) is 42.9 Å². The standard InChI is InChI=1S/C24H24ClF2N5O3/c25-13-9-28-23-17-11-30(12-18(17)29-32(23)10-13)24(34)16-3-1-14(27)7-20(16)35-21-8-15-2-4-19(22(21)33)31(15)6-5-26/h1,3,7,9-10,15,19,21-22,33H,2,4-6,8,11-12H2/t15-,19-,21+,22?/m0/s1. The summed E-state index contributed by atoms with van der Waals surface area (Å²) in [7, 11) is 0. The minimum absolute atomic E-state index is 0.0982. The van der Waals surface area contributed by atoms with Crippen LogP contribution in [0.1, 0.15) is 40.9 Å². The summed E-state index contributed by atoms with van der Waals surface area (Å²) < 4.78 is 34.9. The van der Waals surface area contributed by atoms with Crippen LogP contribution in [0.2, 0.25) is 5.02 Å². The minimum Gasteiger partial charge on any atom is -0.487 e. The Balaban J connectivity index is 1.23. The summed E-state index contributed by atoms with van der Waals surface area (Å²) in [6, 6.07) is 3.72. The second-order valence-electron chi connectivity index (χ2n) is 9.38. The van der Waals surface area contributed by atoms with Gasteiger partial charge in [0.05, 0.1) is 35.6 Å². The van der Waals surface area contributed by atoms with E-state index in [2.05, 4.69) is 10.1 Å². The number of nitrogens with zero attached hydrogens (tertiary/aromatic N) is 5. The van der Waals surface area contributed by atoms with E-state index in [0.29, 0.717) is 23.6 Å². The first-order valence-electron chi connectivity index (χ1n) is 11.7. The van der Waals surface area contributed by atoms with Gasteiger partial charge in [-0.25, -0.2) is 18.3 Å². The Hall–Kier alpha value is -2.82. The molecule has 4 atom stereocenters. The number of benzene rings is 1. The topological polar surface area (TPSA) is 83.2 Å². The number of aliphatic hydroxyl groups is 1. The molecule has 0 saturated carbocycles. The lowest BCUT2D eigenvalue weighted by Crippen LogP contribution is -2.56. The highest BCUT2D eigenvalue weighted by atomic mass is 35.5. The third-order valence-corrected chi connectivity index (χ3v) is 7.56. The normalized spacial score (nSPS) is 25.9. The number of hydrogen-bond acceptors (Lipinski definition) is 6. The molecule has 1 amide bonds. The average Bonchev–Trinajstić information content (AvgIpc) is 3.48. The third kappa shape index (κ3) is 3.84. The van der Waals surface area contributed by atoms with E-state index in [1.54, 1.807) is 15.6 Å².